The maximum absolute atomic E-state index is 11.2. The second kappa shape index (κ2) is 6.44. The normalized spacial score (nSPS) is 16.8. The molecule has 0 aromatic heterocycles. The number of hydrogen-bond donors (Lipinski definition) is 4. The summed E-state index contributed by atoms with van der Waals surface area (Å²) in [7, 11) is 0. The average molecular weight is 230 g/mol. The topological polar surface area (TPSA) is 98.7 Å². The van der Waals surface area contributed by atoms with Crippen LogP contribution in [0.25, 0.3) is 0 Å². The average Bonchev–Trinajstić information content (AvgIpc) is 3.01. The molecule has 1 amide bonds. The zero-order valence-electron chi connectivity index (χ0n) is 9.11. The molecule has 1 rings (SSSR count). The number of carbonyl (C=O) groups excluding carboxylic acids is 1. The second-order valence-electron chi connectivity index (χ2n) is 3.97. The summed E-state index contributed by atoms with van der Waals surface area (Å²) in [5, 5.41) is 23.1. The third-order valence-electron chi connectivity index (χ3n) is 2.39. The Balaban J connectivity index is 1.94. The zero-order chi connectivity index (χ0) is 12.0. The van der Waals surface area contributed by atoms with Gasteiger partial charge in [-0.15, -0.1) is 0 Å². The monoisotopic (exact) mass is 230 g/mol. The van der Waals surface area contributed by atoms with Gasteiger partial charge in [-0.25, -0.2) is 4.79 Å². The molecular weight excluding hydrogens is 212 g/mol. The van der Waals surface area contributed by atoms with Crippen molar-refractivity contribution in [2.75, 3.05) is 13.1 Å². The molecule has 1 fully saturated rings. The van der Waals surface area contributed by atoms with Crippen LogP contribution in [0.5, 0.6) is 0 Å². The Labute approximate surface area is 94.0 Å². The minimum atomic E-state index is -1.40. The number of carboxylic acids is 1. The predicted molar refractivity (Wildman–Crippen MR) is 56.9 cm³/mol. The van der Waals surface area contributed by atoms with Gasteiger partial charge in [0.25, 0.3) is 0 Å². The Morgan fingerprint density at radius 1 is 1.31 bits per heavy atom. The highest BCUT2D eigenvalue weighted by molar-refractivity contribution is 5.76. The fourth-order valence-electron chi connectivity index (χ4n) is 1.24. The van der Waals surface area contributed by atoms with Crippen LogP contribution in [-0.2, 0) is 9.59 Å². The lowest BCUT2D eigenvalue weighted by Crippen LogP contribution is -2.32. The minimum Gasteiger partial charge on any atom is -0.479 e. The number of nitrogens with one attached hydrogen (secondary N) is 2. The van der Waals surface area contributed by atoms with E-state index in [1.54, 1.807) is 0 Å². The molecule has 6 heteroatoms. The maximum Gasteiger partial charge on any atom is 0.332 e. The molecule has 0 radical (unpaired) electrons. The van der Waals surface area contributed by atoms with E-state index in [0.29, 0.717) is 19.0 Å². The standard InChI is InChI=1S/C10H18N2O4/c13-8(10(15)16)3-5-12-9(14)4-6-11-7-1-2-7/h7-8,11,13H,1-6H2,(H,12,14)(H,15,16)/t8-/m0/s1. The zero-order valence-corrected chi connectivity index (χ0v) is 9.11. The summed E-state index contributed by atoms with van der Waals surface area (Å²) in [4.78, 5) is 21.5. The molecule has 16 heavy (non-hydrogen) atoms. The van der Waals surface area contributed by atoms with Crippen LogP contribution >= 0.6 is 0 Å². The predicted octanol–water partition coefficient (Wildman–Crippen LogP) is -0.920. The van der Waals surface area contributed by atoms with E-state index in [1.165, 1.54) is 12.8 Å². The Morgan fingerprint density at radius 3 is 2.56 bits per heavy atom. The molecule has 0 saturated heterocycles. The Morgan fingerprint density at radius 2 is 2.00 bits per heavy atom. The number of rotatable bonds is 8. The summed E-state index contributed by atoms with van der Waals surface area (Å²) < 4.78 is 0. The molecule has 0 aromatic carbocycles. The van der Waals surface area contributed by atoms with Crippen LogP contribution in [0, 0.1) is 0 Å². The fourth-order valence-corrected chi connectivity index (χ4v) is 1.24. The number of amides is 1. The van der Waals surface area contributed by atoms with Crippen molar-refractivity contribution in [3.8, 4) is 0 Å². The Hall–Kier alpha value is -1.14. The lowest BCUT2D eigenvalue weighted by Gasteiger charge is -2.07. The molecule has 4 N–H and O–H groups in total. The van der Waals surface area contributed by atoms with Crippen LogP contribution in [0.15, 0.2) is 0 Å². The molecule has 92 valence electrons. The van der Waals surface area contributed by atoms with Crippen molar-refractivity contribution in [2.24, 2.45) is 0 Å². The lowest BCUT2D eigenvalue weighted by molar-refractivity contribution is -0.147. The smallest absolute Gasteiger partial charge is 0.332 e. The van der Waals surface area contributed by atoms with Gasteiger partial charge in [0.15, 0.2) is 6.10 Å². The first-order valence-electron chi connectivity index (χ1n) is 5.50. The van der Waals surface area contributed by atoms with Crippen LogP contribution < -0.4 is 10.6 Å². The van der Waals surface area contributed by atoms with Crippen molar-refractivity contribution < 1.29 is 19.8 Å². The van der Waals surface area contributed by atoms with Gasteiger partial charge < -0.3 is 20.8 Å². The lowest BCUT2D eigenvalue weighted by atomic mass is 10.2. The van der Waals surface area contributed by atoms with E-state index in [1.807, 2.05) is 0 Å². The highest BCUT2D eigenvalue weighted by atomic mass is 16.4. The van der Waals surface area contributed by atoms with Gasteiger partial charge in [-0.2, -0.15) is 0 Å². The van der Waals surface area contributed by atoms with Gasteiger partial charge in [0, 0.05) is 32.0 Å². The summed E-state index contributed by atoms with van der Waals surface area (Å²) in [6.45, 7) is 0.841. The van der Waals surface area contributed by atoms with Crippen LogP contribution in [0.1, 0.15) is 25.7 Å². The van der Waals surface area contributed by atoms with Crippen molar-refractivity contribution >= 4 is 11.9 Å². The van der Waals surface area contributed by atoms with E-state index >= 15 is 0 Å². The van der Waals surface area contributed by atoms with Crippen molar-refractivity contribution in [1.82, 2.24) is 10.6 Å². The summed E-state index contributed by atoms with van der Waals surface area (Å²) >= 11 is 0. The van der Waals surface area contributed by atoms with Gasteiger partial charge in [0.2, 0.25) is 5.91 Å². The van der Waals surface area contributed by atoms with E-state index in [2.05, 4.69) is 10.6 Å². The molecule has 0 bridgehead atoms. The van der Waals surface area contributed by atoms with Gasteiger partial charge in [-0.3, -0.25) is 4.79 Å². The number of aliphatic hydroxyl groups is 1. The molecule has 0 aliphatic heterocycles. The maximum atomic E-state index is 11.2. The first-order chi connectivity index (χ1) is 7.59. The summed E-state index contributed by atoms with van der Waals surface area (Å²) in [6, 6.07) is 0.585. The van der Waals surface area contributed by atoms with Crippen LogP contribution in [0.3, 0.4) is 0 Å². The Kier molecular flexibility index (Phi) is 5.21. The SMILES string of the molecule is O=C(CCNC1CC1)NCC[C@H](O)C(=O)O. The second-order valence-corrected chi connectivity index (χ2v) is 3.97. The number of aliphatic hydroxyl groups excluding tert-OH is 1. The van der Waals surface area contributed by atoms with Crippen molar-refractivity contribution in [3.05, 3.63) is 0 Å². The first kappa shape index (κ1) is 12.9. The van der Waals surface area contributed by atoms with E-state index in [4.69, 9.17) is 10.2 Å². The number of aliphatic carboxylic acids is 1. The minimum absolute atomic E-state index is 0.0388. The van der Waals surface area contributed by atoms with Crippen molar-refractivity contribution in [1.29, 1.82) is 0 Å². The summed E-state index contributed by atoms with van der Waals surface area (Å²) in [5.41, 5.74) is 0. The fraction of sp³-hybridized carbons (Fsp3) is 0.800. The van der Waals surface area contributed by atoms with Crippen LogP contribution in [0.4, 0.5) is 0 Å². The van der Waals surface area contributed by atoms with E-state index in [9.17, 15) is 9.59 Å². The van der Waals surface area contributed by atoms with Gasteiger partial charge >= 0.3 is 5.97 Å². The number of hydrogen-bond acceptors (Lipinski definition) is 4. The first-order valence-corrected chi connectivity index (χ1v) is 5.50. The molecule has 0 aromatic rings. The van der Waals surface area contributed by atoms with Gasteiger partial charge in [-0.1, -0.05) is 0 Å². The van der Waals surface area contributed by atoms with E-state index < -0.39 is 12.1 Å². The molecule has 1 saturated carbocycles. The van der Waals surface area contributed by atoms with Crippen molar-refractivity contribution in [2.45, 2.75) is 37.8 Å². The molecule has 1 aliphatic carbocycles. The number of carbonyl (C=O) groups is 2. The quantitative estimate of drug-likeness (QED) is 0.432. The van der Waals surface area contributed by atoms with Crippen LogP contribution in [-0.4, -0.2) is 47.3 Å². The molecular formula is C10H18N2O4. The third-order valence-corrected chi connectivity index (χ3v) is 2.39. The van der Waals surface area contributed by atoms with Crippen molar-refractivity contribution in [3.63, 3.8) is 0 Å². The highest BCUT2D eigenvalue weighted by Gasteiger charge is 2.20. The molecule has 6 nitrogen and oxygen atoms in total. The van der Waals surface area contributed by atoms with Gasteiger partial charge in [-0.05, 0) is 12.8 Å². The molecule has 0 spiro atoms. The largest absolute Gasteiger partial charge is 0.479 e. The molecule has 1 aliphatic rings. The Bertz CT molecular complexity index is 253. The van der Waals surface area contributed by atoms with Gasteiger partial charge in [0.05, 0.1) is 0 Å². The van der Waals surface area contributed by atoms with Gasteiger partial charge in [0.1, 0.15) is 0 Å². The molecule has 1 atom stereocenters. The van der Waals surface area contributed by atoms with Crippen LogP contribution in [0.2, 0.25) is 0 Å². The molecule has 0 unspecified atom stereocenters. The highest BCUT2D eigenvalue weighted by Crippen LogP contribution is 2.18. The molecule has 0 heterocycles. The summed E-state index contributed by atoms with van der Waals surface area (Å²) in [6.07, 6.45) is 1.40. The van der Waals surface area contributed by atoms with E-state index in [-0.39, 0.29) is 18.9 Å². The number of carboxylic acid groups (broad SMARTS) is 1. The summed E-state index contributed by atoms with van der Waals surface area (Å²) in [5.74, 6) is -1.38. The third kappa shape index (κ3) is 5.67. The van der Waals surface area contributed by atoms with E-state index in [0.717, 1.165) is 0 Å².